The molecule has 96 valence electrons. The molecule has 0 saturated carbocycles. The van der Waals surface area contributed by atoms with E-state index in [-0.39, 0.29) is 0 Å². The molecular formula is C14H30N2. The molecule has 2 aliphatic heterocycles. The van der Waals surface area contributed by atoms with Gasteiger partial charge in [-0.15, -0.1) is 0 Å². The Morgan fingerprint density at radius 2 is 1.44 bits per heavy atom. The van der Waals surface area contributed by atoms with Gasteiger partial charge in [0.05, 0.1) is 0 Å². The summed E-state index contributed by atoms with van der Waals surface area (Å²) in [7, 11) is 0. The third-order valence-corrected chi connectivity index (χ3v) is 3.72. The van der Waals surface area contributed by atoms with Gasteiger partial charge in [0.15, 0.2) is 0 Å². The number of piperidine rings is 2. The zero-order valence-corrected chi connectivity index (χ0v) is 11.6. The van der Waals surface area contributed by atoms with E-state index in [4.69, 9.17) is 0 Å². The monoisotopic (exact) mass is 226 g/mol. The molecule has 2 heterocycles. The molecule has 2 aliphatic rings. The van der Waals surface area contributed by atoms with Gasteiger partial charge in [-0.25, -0.2) is 0 Å². The Balaban J connectivity index is 0.000000606. The molecule has 0 aromatic rings. The molecule has 0 spiro atoms. The van der Waals surface area contributed by atoms with Crippen LogP contribution in [0.4, 0.5) is 0 Å². The fourth-order valence-electron chi connectivity index (χ4n) is 3.18. The highest BCUT2D eigenvalue weighted by Crippen LogP contribution is 2.25. The van der Waals surface area contributed by atoms with Gasteiger partial charge in [-0.1, -0.05) is 27.7 Å². The number of nitrogens with zero attached hydrogens (tertiary/aromatic N) is 1. The van der Waals surface area contributed by atoms with Crippen LogP contribution in [0.3, 0.4) is 0 Å². The summed E-state index contributed by atoms with van der Waals surface area (Å²) in [4.78, 5) is 2.75. The minimum absolute atomic E-state index is 0.876. The summed E-state index contributed by atoms with van der Waals surface area (Å²) in [5.41, 5.74) is 0. The number of nitrogens with one attached hydrogen (secondary N) is 1. The third kappa shape index (κ3) is 4.06. The van der Waals surface area contributed by atoms with E-state index in [1.807, 2.05) is 13.8 Å². The molecule has 16 heavy (non-hydrogen) atoms. The normalized spacial score (nSPS) is 33.0. The molecule has 2 atom stereocenters. The fourth-order valence-corrected chi connectivity index (χ4v) is 3.18. The second-order valence-corrected chi connectivity index (χ2v) is 5.38. The van der Waals surface area contributed by atoms with Crippen molar-refractivity contribution >= 4 is 0 Å². The first kappa shape index (κ1) is 14.0. The van der Waals surface area contributed by atoms with Crippen molar-refractivity contribution in [1.29, 1.82) is 0 Å². The second kappa shape index (κ2) is 7.29. The largest absolute Gasteiger partial charge is 0.317 e. The number of hydrogen-bond donors (Lipinski definition) is 1. The van der Waals surface area contributed by atoms with Crippen LogP contribution in [-0.4, -0.2) is 37.1 Å². The highest BCUT2D eigenvalue weighted by atomic mass is 15.2. The lowest BCUT2D eigenvalue weighted by molar-refractivity contribution is 0.0793. The summed E-state index contributed by atoms with van der Waals surface area (Å²) in [5, 5.41) is 3.45. The van der Waals surface area contributed by atoms with Crippen LogP contribution < -0.4 is 5.32 Å². The molecule has 2 rings (SSSR count). The van der Waals surface area contributed by atoms with E-state index >= 15 is 0 Å². The summed E-state index contributed by atoms with van der Waals surface area (Å²) in [5.74, 6) is 1.82. The van der Waals surface area contributed by atoms with Crippen LogP contribution in [0.15, 0.2) is 0 Å². The van der Waals surface area contributed by atoms with E-state index in [9.17, 15) is 0 Å². The Hall–Kier alpha value is -0.0800. The van der Waals surface area contributed by atoms with Gasteiger partial charge in [-0.05, 0) is 44.2 Å². The zero-order valence-electron chi connectivity index (χ0n) is 11.6. The maximum atomic E-state index is 3.45. The maximum absolute atomic E-state index is 3.45. The Labute approximate surface area is 102 Å². The van der Waals surface area contributed by atoms with Crippen molar-refractivity contribution in [1.82, 2.24) is 10.2 Å². The molecule has 2 fully saturated rings. The highest BCUT2D eigenvalue weighted by Gasteiger charge is 2.27. The first-order valence-corrected chi connectivity index (χ1v) is 7.20. The van der Waals surface area contributed by atoms with E-state index in [0.717, 1.165) is 17.9 Å². The molecule has 1 N–H and O–H groups in total. The Bertz CT molecular complexity index is 166. The summed E-state index contributed by atoms with van der Waals surface area (Å²) >= 11 is 0. The smallest absolute Gasteiger partial charge is 0.0120 e. The average Bonchev–Trinajstić information content (AvgIpc) is 2.32. The van der Waals surface area contributed by atoms with Gasteiger partial charge in [0.2, 0.25) is 0 Å². The highest BCUT2D eigenvalue weighted by molar-refractivity contribution is 4.83. The SMILES string of the molecule is CC.CC1CC(C)CN(C2CCNCC2)C1. The van der Waals surface area contributed by atoms with Gasteiger partial charge in [-0.2, -0.15) is 0 Å². The molecule has 2 unspecified atom stereocenters. The number of rotatable bonds is 1. The van der Waals surface area contributed by atoms with Crippen molar-refractivity contribution in [3.8, 4) is 0 Å². The average molecular weight is 226 g/mol. The predicted octanol–water partition coefficient (Wildman–Crippen LogP) is 2.74. The quantitative estimate of drug-likeness (QED) is 0.739. The van der Waals surface area contributed by atoms with Crippen molar-refractivity contribution in [3.05, 3.63) is 0 Å². The molecule has 0 radical (unpaired) electrons. The van der Waals surface area contributed by atoms with Gasteiger partial charge in [-0.3, -0.25) is 4.90 Å². The van der Waals surface area contributed by atoms with Crippen molar-refractivity contribution in [3.63, 3.8) is 0 Å². The van der Waals surface area contributed by atoms with E-state index < -0.39 is 0 Å². The van der Waals surface area contributed by atoms with Gasteiger partial charge < -0.3 is 5.32 Å². The van der Waals surface area contributed by atoms with Gasteiger partial charge in [0, 0.05) is 19.1 Å². The lowest BCUT2D eigenvalue weighted by Gasteiger charge is -2.41. The molecule has 0 aromatic carbocycles. The molecule has 0 aliphatic carbocycles. The Morgan fingerprint density at radius 1 is 0.938 bits per heavy atom. The van der Waals surface area contributed by atoms with E-state index in [2.05, 4.69) is 24.1 Å². The molecule has 0 aromatic heterocycles. The summed E-state index contributed by atoms with van der Waals surface area (Å²) in [6.45, 7) is 13.9. The van der Waals surface area contributed by atoms with E-state index in [0.29, 0.717) is 0 Å². The topological polar surface area (TPSA) is 15.3 Å². The molecule has 2 nitrogen and oxygen atoms in total. The minimum atomic E-state index is 0.876. The van der Waals surface area contributed by atoms with Gasteiger partial charge in [0.1, 0.15) is 0 Å². The zero-order chi connectivity index (χ0) is 12.0. The van der Waals surface area contributed by atoms with Crippen molar-refractivity contribution < 1.29 is 0 Å². The van der Waals surface area contributed by atoms with Crippen LogP contribution in [0.1, 0.15) is 47.0 Å². The van der Waals surface area contributed by atoms with Crippen molar-refractivity contribution in [2.75, 3.05) is 26.2 Å². The summed E-state index contributed by atoms with van der Waals surface area (Å²) in [6.07, 6.45) is 4.15. The summed E-state index contributed by atoms with van der Waals surface area (Å²) in [6, 6.07) is 0.876. The minimum Gasteiger partial charge on any atom is -0.317 e. The fraction of sp³-hybridized carbons (Fsp3) is 1.00. The van der Waals surface area contributed by atoms with Crippen LogP contribution in [0, 0.1) is 11.8 Å². The molecule has 0 bridgehead atoms. The van der Waals surface area contributed by atoms with Crippen molar-refractivity contribution in [2.24, 2.45) is 11.8 Å². The van der Waals surface area contributed by atoms with Crippen LogP contribution in [0.5, 0.6) is 0 Å². The van der Waals surface area contributed by atoms with Crippen LogP contribution >= 0.6 is 0 Å². The molecule has 2 saturated heterocycles. The standard InChI is InChI=1S/C12H24N2.C2H6/c1-10-7-11(2)9-14(8-10)12-3-5-13-6-4-12;1-2/h10-13H,3-9H2,1-2H3;1-2H3. The van der Waals surface area contributed by atoms with E-state index in [1.165, 1.54) is 45.4 Å². The Morgan fingerprint density at radius 3 is 1.94 bits per heavy atom. The van der Waals surface area contributed by atoms with Crippen LogP contribution in [0.25, 0.3) is 0 Å². The lowest BCUT2D eigenvalue weighted by atomic mass is 9.89. The lowest BCUT2D eigenvalue weighted by Crippen LogP contribution is -2.49. The van der Waals surface area contributed by atoms with Gasteiger partial charge in [0.25, 0.3) is 0 Å². The maximum Gasteiger partial charge on any atom is 0.0120 e. The third-order valence-electron chi connectivity index (χ3n) is 3.72. The predicted molar refractivity (Wildman–Crippen MR) is 71.8 cm³/mol. The second-order valence-electron chi connectivity index (χ2n) is 5.38. The van der Waals surface area contributed by atoms with E-state index in [1.54, 1.807) is 0 Å². The summed E-state index contributed by atoms with van der Waals surface area (Å²) < 4.78 is 0. The number of likely N-dealkylation sites (tertiary alicyclic amines) is 1. The Kier molecular flexibility index (Phi) is 6.37. The van der Waals surface area contributed by atoms with Crippen LogP contribution in [-0.2, 0) is 0 Å². The van der Waals surface area contributed by atoms with Gasteiger partial charge >= 0.3 is 0 Å². The van der Waals surface area contributed by atoms with Crippen molar-refractivity contribution in [2.45, 2.75) is 53.0 Å². The molecular weight excluding hydrogens is 196 g/mol. The first-order chi connectivity index (χ1) is 7.75. The van der Waals surface area contributed by atoms with Crippen LogP contribution in [0.2, 0.25) is 0 Å². The molecule has 0 amide bonds. The first-order valence-electron chi connectivity index (χ1n) is 7.20. The molecule has 2 heteroatoms. The number of hydrogen-bond acceptors (Lipinski definition) is 2.